The number of benzene rings is 3. The second-order valence-corrected chi connectivity index (χ2v) is 8.37. The van der Waals surface area contributed by atoms with Gasteiger partial charge in [0.05, 0.1) is 5.69 Å². The molecule has 6 nitrogen and oxygen atoms in total. The Morgan fingerprint density at radius 2 is 1.84 bits per heavy atom. The predicted molar refractivity (Wildman–Crippen MR) is 123 cm³/mol. The Hall–Kier alpha value is -3.51. The summed E-state index contributed by atoms with van der Waals surface area (Å²) < 4.78 is 0. The van der Waals surface area contributed by atoms with Crippen LogP contribution in [0.25, 0.3) is 10.8 Å². The second kappa shape index (κ2) is 8.20. The fraction of sp³-hybridized carbons (Fsp3) is 0.269. The van der Waals surface area contributed by atoms with Gasteiger partial charge >= 0.3 is 0 Å². The van der Waals surface area contributed by atoms with Crippen molar-refractivity contribution in [2.45, 2.75) is 44.8 Å². The molecule has 3 amide bonds. The van der Waals surface area contributed by atoms with Gasteiger partial charge in [-0.15, -0.1) is 0 Å². The summed E-state index contributed by atoms with van der Waals surface area (Å²) in [6.07, 6.45) is 1.54. The zero-order valence-electron chi connectivity index (χ0n) is 17.9. The molecule has 5 rings (SSSR count). The molecule has 2 N–H and O–H groups in total. The maximum atomic E-state index is 13.3. The minimum absolute atomic E-state index is 0.180. The molecule has 0 aliphatic carbocycles. The summed E-state index contributed by atoms with van der Waals surface area (Å²) in [5, 5.41) is 7.92. The van der Waals surface area contributed by atoms with E-state index in [9.17, 15) is 14.4 Å². The van der Waals surface area contributed by atoms with Crippen LogP contribution in [0.5, 0.6) is 0 Å². The molecule has 1 saturated heterocycles. The molecule has 3 aromatic carbocycles. The molecule has 2 aliphatic heterocycles. The zero-order chi connectivity index (χ0) is 22.2. The van der Waals surface area contributed by atoms with E-state index in [0.717, 1.165) is 28.4 Å². The van der Waals surface area contributed by atoms with Gasteiger partial charge in [0.15, 0.2) is 0 Å². The summed E-state index contributed by atoms with van der Waals surface area (Å²) in [5.74, 6) is -0.873. The number of amides is 3. The van der Waals surface area contributed by atoms with Gasteiger partial charge in [0.25, 0.3) is 5.91 Å². The maximum absolute atomic E-state index is 13.3. The first kappa shape index (κ1) is 20.4. The zero-order valence-corrected chi connectivity index (χ0v) is 17.9. The highest BCUT2D eigenvalue weighted by molar-refractivity contribution is 6.27. The highest BCUT2D eigenvalue weighted by Crippen LogP contribution is 2.41. The van der Waals surface area contributed by atoms with E-state index in [0.29, 0.717) is 18.5 Å². The number of carbonyl (C=O) groups is 3. The quantitative estimate of drug-likeness (QED) is 0.586. The Labute approximate surface area is 186 Å². The highest BCUT2D eigenvalue weighted by Gasteiger charge is 2.40. The molecule has 2 aliphatic rings. The fourth-order valence-electron chi connectivity index (χ4n) is 4.87. The molecule has 0 spiro atoms. The standard InChI is InChI=1S/C26H25N3O3/c1-2-20(16-7-4-3-5-8-16)27-15-17-11-12-19-24-18(17)9-6-10-21(24)29(26(19)32)22-13-14-23(30)28-25(22)31/h3-12,20,22,27H,2,13-15H2,1H3,(H,28,30,31). The summed E-state index contributed by atoms with van der Waals surface area (Å²) >= 11 is 0. The van der Waals surface area contributed by atoms with Crippen LogP contribution < -0.4 is 15.5 Å². The number of nitrogens with one attached hydrogen (secondary N) is 2. The van der Waals surface area contributed by atoms with Gasteiger partial charge in [-0.3, -0.25) is 24.6 Å². The minimum Gasteiger partial charge on any atom is -0.306 e. The molecule has 2 unspecified atom stereocenters. The van der Waals surface area contributed by atoms with Gasteiger partial charge < -0.3 is 5.32 Å². The van der Waals surface area contributed by atoms with Crippen LogP contribution >= 0.6 is 0 Å². The normalized spacial score (nSPS) is 18.8. The van der Waals surface area contributed by atoms with Crippen LogP contribution in [-0.4, -0.2) is 23.8 Å². The Kier molecular flexibility index (Phi) is 5.23. The van der Waals surface area contributed by atoms with Gasteiger partial charge in [-0.1, -0.05) is 55.5 Å². The maximum Gasteiger partial charge on any atom is 0.259 e. The summed E-state index contributed by atoms with van der Waals surface area (Å²) in [7, 11) is 0. The van der Waals surface area contributed by atoms with Crippen molar-refractivity contribution >= 4 is 34.2 Å². The van der Waals surface area contributed by atoms with Crippen LogP contribution in [0.1, 0.15) is 53.7 Å². The average Bonchev–Trinajstić information content (AvgIpc) is 3.09. The SMILES string of the molecule is CCC(NCc1ccc2c3c(cccc13)N(C1CCC(=O)NC1=O)C2=O)c1ccccc1. The van der Waals surface area contributed by atoms with Crippen molar-refractivity contribution < 1.29 is 14.4 Å². The topological polar surface area (TPSA) is 78.5 Å². The Morgan fingerprint density at radius 3 is 2.59 bits per heavy atom. The van der Waals surface area contributed by atoms with Gasteiger partial charge in [0.1, 0.15) is 6.04 Å². The molecule has 2 atom stereocenters. The summed E-state index contributed by atoms with van der Waals surface area (Å²) in [5.41, 5.74) is 3.71. The van der Waals surface area contributed by atoms with Gasteiger partial charge in [-0.2, -0.15) is 0 Å². The van der Waals surface area contributed by atoms with Crippen molar-refractivity contribution in [1.29, 1.82) is 0 Å². The molecular weight excluding hydrogens is 402 g/mol. The number of anilines is 1. The summed E-state index contributed by atoms with van der Waals surface area (Å²) in [6, 6.07) is 19.7. The average molecular weight is 428 g/mol. The van der Waals surface area contributed by atoms with Crippen molar-refractivity contribution in [3.05, 3.63) is 77.4 Å². The third-order valence-corrected chi connectivity index (χ3v) is 6.49. The Morgan fingerprint density at radius 1 is 1.03 bits per heavy atom. The molecule has 0 saturated carbocycles. The Bertz CT molecular complexity index is 1220. The van der Waals surface area contributed by atoms with Gasteiger partial charge in [0.2, 0.25) is 11.8 Å². The Balaban J connectivity index is 1.47. The van der Waals surface area contributed by atoms with Crippen LogP contribution in [0.4, 0.5) is 5.69 Å². The first-order valence-electron chi connectivity index (χ1n) is 11.1. The molecule has 0 aromatic heterocycles. The number of piperidine rings is 1. The number of imide groups is 1. The van der Waals surface area contributed by atoms with Crippen LogP contribution in [-0.2, 0) is 16.1 Å². The van der Waals surface area contributed by atoms with Crippen molar-refractivity contribution in [3.63, 3.8) is 0 Å². The van der Waals surface area contributed by atoms with Crippen LogP contribution in [0.15, 0.2) is 60.7 Å². The van der Waals surface area contributed by atoms with Gasteiger partial charge in [0, 0.05) is 30.0 Å². The first-order valence-corrected chi connectivity index (χ1v) is 11.1. The van der Waals surface area contributed by atoms with Crippen molar-refractivity contribution in [1.82, 2.24) is 10.6 Å². The van der Waals surface area contributed by atoms with E-state index in [1.807, 2.05) is 48.5 Å². The van der Waals surface area contributed by atoms with E-state index in [2.05, 4.69) is 29.7 Å². The number of nitrogens with zero attached hydrogens (tertiary/aromatic N) is 1. The largest absolute Gasteiger partial charge is 0.306 e. The molecule has 162 valence electrons. The lowest BCUT2D eigenvalue weighted by Crippen LogP contribution is -2.53. The van der Waals surface area contributed by atoms with Crippen LogP contribution in [0.3, 0.4) is 0 Å². The number of hydrogen-bond acceptors (Lipinski definition) is 4. The van der Waals surface area contributed by atoms with E-state index < -0.39 is 11.9 Å². The molecule has 1 fully saturated rings. The predicted octanol–water partition coefficient (Wildman–Crippen LogP) is 3.85. The minimum atomic E-state index is -0.665. The monoisotopic (exact) mass is 427 g/mol. The third kappa shape index (κ3) is 3.37. The third-order valence-electron chi connectivity index (χ3n) is 6.49. The fourth-order valence-corrected chi connectivity index (χ4v) is 4.87. The molecule has 2 heterocycles. The molecule has 6 heteroatoms. The van der Waals surface area contributed by atoms with E-state index >= 15 is 0 Å². The number of hydrogen-bond donors (Lipinski definition) is 2. The van der Waals surface area contributed by atoms with E-state index in [1.54, 1.807) is 4.90 Å². The lowest BCUT2D eigenvalue weighted by Gasteiger charge is -2.30. The molecule has 3 aromatic rings. The summed E-state index contributed by atoms with van der Waals surface area (Å²) in [4.78, 5) is 38.9. The van der Waals surface area contributed by atoms with Crippen LogP contribution in [0.2, 0.25) is 0 Å². The first-order chi connectivity index (χ1) is 15.6. The van der Waals surface area contributed by atoms with Crippen molar-refractivity contribution in [2.75, 3.05) is 4.90 Å². The molecule has 32 heavy (non-hydrogen) atoms. The second-order valence-electron chi connectivity index (χ2n) is 8.37. The van der Waals surface area contributed by atoms with Gasteiger partial charge in [-0.25, -0.2) is 0 Å². The lowest BCUT2D eigenvalue weighted by molar-refractivity contribution is -0.134. The van der Waals surface area contributed by atoms with Crippen LogP contribution in [0, 0.1) is 0 Å². The van der Waals surface area contributed by atoms with Gasteiger partial charge in [-0.05, 0) is 41.5 Å². The number of carbonyl (C=O) groups excluding carboxylic acids is 3. The van der Waals surface area contributed by atoms with E-state index in [-0.39, 0.29) is 24.3 Å². The molecule has 0 bridgehead atoms. The smallest absolute Gasteiger partial charge is 0.259 e. The van der Waals surface area contributed by atoms with E-state index in [1.165, 1.54) is 5.56 Å². The molecule has 0 radical (unpaired) electrons. The van der Waals surface area contributed by atoms with Crippen molar-refractivity contribution in [2.24, 2.45) is 0 Å². The summed E-state index contributed by atoms with van der Waals surface area (Å²) in [6.45, 7) is 2.83. The van der Waals surface area contributed by atoms with Crippen molar-refractivity contribution in [3.8, 4) is 0 Å². The number of rotatable bonds is 6. The van der Waals surface area contributed by atoms with E-state index in [4.69, 9.17) is 0 Å². The lowest BCUT2D eigenvalue weighted by atomic mass is 9.99. The molecular formula is C26H25N3O3. The highest BCUT2D eigenvalue weighted by atomic mass is 16.2.